The van der Waals surface area contributed by atoms with Crippen LogP contribution in [-0.4, -0.2) is 18.7 Å². The Morgan fingerprint density at radius 1 is 1.27 bits per heavy atom. The minimum absolute atomic E-state index is 0.0693. The smallest absolute Gasteiger partial charge is 0.277 e. The molecule has 0 saturated carbocycles. The molecule has 5 heteroatoms. The number of benzene rings is 2. The summed E-state index contributed by atoms with van der Waals surface area (Å²) in [5.41, 5.74) is 5.43. The van der Waals surface area contributed by atoms with Gasteiger partial charge in [0, 0.05) is 4.47 Å². The van der Waals surface area contributed by atoms with Gasteiger partial charge < -0.3 is 4.74 Å². The largest absolute Gasteiger partial charge is 0.483 e. The molecule has 2 aromatic rings. The Morgan fingerprint density at radius 2 is 2.09 bits per heavy atom. The zero-order valence-electron chi connectivity index (χ0n) is 12.5. The zero-order valence-corrected chi connectivity index (χ0v) is 14.1. The highest BCUT2D eigenvalue weighted by Gasteiger charge is 2.04. The first kappa shape index (κ1) is 16.2. The molecule has 0 saturated heterocycles. The number of nitrogens with one attached hydrogen (secondary N) is 1. The third-order valence-electron chi connectivity index (χ3n) is 2.95. The second-order valence-electron chi connectivity index (χ2n) is 4.91. The molecule has 0 radical (unpaired) electrons. The summed E-state index contributed by atoms with van der Waals surface area (Å²) in [6, 6.07) is 13.5. The van der Waals surface area contributed by atoms with Gasteiger partial charge in [-0.05, 0) is 48.7 Å². The number of ether oxygens (including phenoxy) is 1. The fourth-order valence-electron chi connectivity index (χ4n) is 1.80. The van der Waals surface area contributed by atoms with Crippen LogP contribution < -0.4 is 10.2 Å². The summed E-state index contributed by atoms with van der Waals surface area (Å²) in [6.45, 7) is 3.85. The summed E-state index contributed by atoms with van der Waals surface area (Å²) < 4.78 is 6.47. The van der Waals surface area contributed by atoms with Crippen molar-refractivity contribution in [3.8, 4) is 5.75 Å². The molecular formula is C17H17BrN2O2. The highest BCUT2D eigenvalue weighted by atomic mass is 79.9. The van der Waals surface area contributed by atoms with Gasteiger partial charge in [-0.15, -0.1) is 0 Å². The quantitative estimate of drug-likeness (QED) is 0.654. The van der Waals surface area contributed by atoms with Crippen molar-refractivity contribution in [3.63, 3.8) is 0 Å². The van der Waals surface area contributed by atoms with Crippen molar-refractivity contribution in [1.82, 2.24) is 5.43 Å². The van der Waals surface area contributed by atoms with Gasteiger partial charge in [0.1, 0.15) is 5.75 Å². The Hall–Kier alpha value is -2.14. The van der Waals surface area contributed by atoms with E-state index in [0.29, 0.717) is 5.75 Å². The summed E-state index contributed by atoms with van der Waals surface area (Å²) in [4.78, 5) is 11.7. The predicted molar refractivity (Wildman–Crippen MR) is 91.3 cm³/mol. The number of aryl methyl sites for hydroxylation is 2. The van der Waals surface area contributed by atoms with Crippen LogP contribution in [0.3, 0.4) is 0 Å². The van der Waals surface area contributed by atoms with Gasteiger partial charge in [0.2, 0.25) is 0 Å². The lowest BCUT2D eigenvalue weighted by Crippen LogP contribution is -2.24. The van der Waals surface area contributed by atoms with Gasteiger partial charge in [-0.1, -0.05) is 40.2 Å². The average molecular weight is 361 g/mol. The number of carbonyl (C=O) groups excluding carboxylic acids is 1. The minimum atomic E-state index is -0.299. The van der Waals surface area contributed by atoms with Gasteiger partial charge in [0.25, 0.3) is 5.91 Å². The van der Waals surface area contributed by atoms with Crippen molar-refractivity contribution in [2.75, 3.05) is 6.61 Å². The van der Waals surface area contributed by atoms with Crippen molar-refractivity contribution in [3.05, 3.63) is 63.6 Å². The fourth-order valence-corrected chi connectivity index (χ4v) is 2.22. The van der Waals surface area contributed by atoms with Gasteiger partial charge in [0.15, 0.2) is 6.61 Å². The highest BCUT2D eigenvalue weighted by Crippen LogP contribution is 2.18. The molecule has 0 fully saturated rings. The number of carbonyl (C=O) groups is 1. The number of hydrogen-bond donors (Lipinski definition) is 1. The van der Waals surface area contributed by atoms with Gasteiger partial charge in [-0.25, -0.2) is 5.43 Å². The number of nitrogens with zero attached hydrogens (tertiary/aromatic N) is 1. The summed E-state index contributed by atoms with van der Waals surface area (Å²) in [6.07, 6.45) is 1.58. The van der Waals surface area contributed by atoms with Gasteiger partial charge >= 0.3 is 0 Å². The Kier molecular flexibility index (Phi) is 5.72. The molecule has 0 bridgehead atoms. The van der Waals surface area contributed by atoms with E-state index in [4.69, 9.17) is 4.74 Å². The van der Waals surface area contributed by atoms with Crippen LogP contribution in [0, 0.1) is 13.8 Å². The van der Waals surface area contributed by atoms with Crippen LogP contribution in [0.25, 0.3) is 0 Å². The van der Waals surface area contributed by atoms with Crippen molar-refractivity contribution in [1.29, 1.82) is 0 Å². The Bertz CT molecular complexity index is 699. The number of rotatable bonds is 5. The maximum absolute atomic E-state index is 11.7. The molecule has 0 spiro atoms. The molecule has 0 unspecified atom stereocenters. The lowest BCUT2D eigenvalue weighted by atomic mass is 10.1. The van der Waals surface area contributed by atoms with Crippen molar-refractivity contribution < 1.29 is 9.53 Å². The molecule has 2 rings (SSSR count). The summed E-state index contributed by atoms with van der Waals surface area (Å²) in [5.74, 6) is 0.415. The van der Waals surface area contributed by atoms with Crippen LogP contribution in [0.2, 0.25) is 0 Å². The second kappa shape index (κ2) is 7.75. The molecule has 0 aliphatic carbocycles. The van der Waals surface area contributed by atoms with Crippen LogP contribution in [0.4, 0.5) is 0 Å². The van der Waals surface area contributed by atoms with Crippen LogP contribution in [-0.2, 0) is 4.79 Å². The van der Waals surface area contributed by atoms with Crippen LogP contribution in [0.15, 0.2) is 52.0 Å². The Balaban J connectivity index is 1.84. The van der Waals surface area contributed by atoms with Crippen LogP contribution >= 0.6 is 15.9 Å². The Morgan fingerprint density at radius 3 is 2.86 bits per heavy atom. The molecule has 114 valence electrons. The zero-order chi connectivity index (χ0) is 15.9. The number of halogens is 1. The van der Waals surface area contributed by atoms with Gasteiger partial charge in [-0.2, -0.15) is 5.10 Å². The molecule has 0 atom stereocenters. The van der Waals surface area contributed by atoms with E-state index in [-0.39, 0.29) is 12.5 Å². The molecular weight excluding hydrogens is 344 g/mol. The van der Waals surface area contributed by atoms with E-state index >= 15 is 0 Å². The third-order valence-corrected chi connectivity index (χ3v) is 3.45. The first-order valence-electron chi connectivity index (χ1n) is 6.82. The van der Waals surface area contributed by atoms with E-state index in [1.165, 1.54) is 0 Å². The molecule has 0 aliphatic rings. The lowest BCUT2D eigenvalue weighted by Gasteiger charge is -2.08. The highest BCUT2D eigenvalue weighted by molar-refractivity contribution is 9.10. The maximum atomic E-state index is 11.7. The first-order chi connectivity index (χ1) is 10.5. The standard InChI is InChI=1S/C17H17BrN2O2/c1-12-6-7-13(2)16(8-12)22-11-17(21)20-19-10-14-4-3-5-15(18)9-14/h3-10H,11H2,1-2H3,(H,20,21)/b19-10+. The molecule has 1 N–H and O–H groups in total. The number of hydrazone groups is 1. The van der Waals surface area contributed by atoms with E-state index < -0.39 is 0 Å². The van der Waals surface area contributed by atoms with Crippen molar-refractivity contribution in [2.24, 2.45) is 5.10 Å². The summed E-state index contributed by atoms with van der Waals surface area (Å²) >= 11 is 3.38. The average Bonchev–Trinajstić information content (AvgIpc) is 2.48. The normalized spacial score (nSPS) is 10.7. The fraction of sp³-hybridized carbons (Fsp3) is 0.176. The minimum Gasteiger partial charge on any atom is -0.483 e. The monoisotopic (exact) mass is 360 g/mol. The molecule has 1 amide bonds. The Labute approximate surface area is 138 Å². The summed E-state index contributed by atoms with van der Waals surface area (Å²) in [7, 11) is 0. The van der Waals surface area contributed by atoms with Crippen molar-refractivity contribution >= 4 is 28.1 Å². The number of hydrogen-bond acceptors (Lipinski definition) is 3. The molecule has 0 aliphatic heterocycles. The molecule has 2 aromatic carbocycles. The SMILES string of the molecule is Cc1ccc(C)c(OCC(=O)N/N=C/c2cccc(Br)c2)c1. The van der Waals surface area contributed by atoms with Crippen LogP contribution in [0.1, 0.15) is 16.7 Å². The first-order valence-corrected chi connectivity index (χ1v) is 7.61. The van der Waals surface area contributed by atoms with E-state index in [1.807, 2.05) is 56.3 Å². The van der Waals surface area contributed by atoms with Gasteiger partial charge in [-0.3, -0.25) is 4.79 Å². The third kappa shape index (κ3) is 5.00. The summed E-state index contributed by atoms with van der Waals surface area (Å²) in [5, 5.41) is 3.91. The van der Waals surface area contributed by atoms with Crippen molar-refractivity contribution in [2.45, 2.75) is 13.8 Å². The molecule has 0 aromatic heterocycles. The maximum Gasteiger partial charge on any atom is 0.277 e. The van der Waals surface area contributed by atoms with Gasteiger partial charge in [0.05, 0.1) is 6.21 Å². The van der Waals surface area contributed by atoms with E-state index in [1.54, 1.807) is 6.21 Å². The van der Waals surface area contributed by atoms with Crippen LogP contribution in [0.5, 0.6) is 5.75 Å². The molecule has 22 heavy (non-hydrogen) atoms. The van der Waals surface area contributed by atoms with E-state index in [2.05, 4.69) is 26.5 Å². The number of amides is 1. The van der Waals surface area contributed by atoms with E-state index in [0.717, 1.165) is 21.2 Å². The lowest BCUT2D eigenvalue weighted by molar-refractivity contribution is -0.123. The molecule has 4 nitrogen and oxygen atoms in total. The predicted octanol–water partition coefficient (Wildman–Crippen LogP) is 3.60. The second-order valence-corrected chi connectivity index (χ2v) is 5.82. The molecule has 0 heterocycles. The van der Waals surface area contributed by atoms with E-state index in [9.17, 15) is 4.79 Å². The topological polar surface area (TPSA) is 50.7 Å².